The van der Waals surface area contributed by atoms with Crippen molar-refractivity contribution in [1.29, 1.82) is 0 Å². The molecule has 2 unspecified atom stereocenters. The van der Waals surface area contributed by atoms with Gasteiger partial charge < -0.3 is 15.4 Å². The van der Waals surface area contributed by atoms with Gasteiger partial charge in [-0.25, -0.2) is 0 Å². The van der Waals surface area contributed by atoms with Crippen LogP contribution in [-0.2, 0) is 4.74 Å². The van der Waals surface area contributed by atoms with Crippen LogP contribution in [0.5, 0.6) is 0 Å². The fourth-order valence-corrected chi connectivity index (χ4v) is 3.39. The molecule has 0 saturated carbocycles. The normalized spacial score (nSPS) is 31.4. The minimum absolute atomic E-state index is 0.0298. The maximum absolute atomic E-state index is 5.81. The Balaban J connectivity index is 1.74. The zero-order valence-corrected chi connectivity index (χ0v) is 14.0. The molecule has 2 atom stereocenters. The van der Waals surface area contributed by atoms with Crippen LogP contribution in [0.3, 0.4) is 0 Å². The lowest BCUT2D eigenvalue weighted by Gasteiger charge is -2.35. The van der Waals surface area contributed by atoms with Crippen LogP contribution in [0.1, 0.15) is 46.0 Å². The van der Waals surface area contributed by atoms with Crippen molar-refractivity contribution in [3.05, 3.63) is 0 Å². The number of ether oxygens (including phenoxy) is 1. The lowest BCUT2D eigenvalue weighted by molar-refractivity contribution is 0.0242. The van der Waals surface area contributed by atoms with Crippen molar-refractivity contribution in [3.8, 4) is 0 Å². The zero-order valence-electron chi connectivity index (χ0n) is 14.0. The lowest BCUT2D eigenvalue weighted by Crippen LogP contribution is -2.51. The summed E-state index contributed by atoms with van der Waals surface area (Å²) < 4.78 is 5.81. The maximum atomic E-state index is 5.81. The van der Waals surface area contributed by atoms with E-state index in [1.54, 1.807) is 0 Å². The van der Waals surface area contributed by atoms with Crippen LogP contribution in [0.15, 0.2) is 4.99 Å². The van der Waals surface area contributed by atoms with Gasteiger partial charge in [0.1, 0.15) is 0 Å². The highest BCUT2D eigenvalue weighted by Crippen LogP contribution is 2.23. The van der Waals surface area contributed by atoms with E-state index in [1.165, 1.54) is 25.8 Å². The first-order valence-electron chi connectivity index (χ1n) is 8.49. The predicted octanol–water partition coefficient (Wildman–Crippen LogP) is 1.59. The van der Waals surface area contributed by atoms with Gasteiger partial charge in [-0.3, -0.25) is 9.89 Å². The third-order valence-corrected chi connectivity index (χ3v) is 4.81. The van der Waals surface area contributed by atoms with Crippen LogP contribution >= 0.6 is 0 Å². The number of likely N-dealkylation sites (N-methyl/N-ethyl adjacent to an activating group) is 1. The lowest BCUT2D eigenvalue weighted by atomic mass is 10.0. The number of piperidine rings is 1. The smallest absolute Gasteiger partial charge is 0.191 e. The van der Waals surface area contributed by atoms with Gasteiger partial charge in [-0.15, -0.1) is 0 Å². The first-order valence-corrected chi connectivity index (χ1v) is 8.49. The first-order chi connectivity index (χ1) is 10.2. The molecule has 0 aromatic heterocycles. The molecule has 0 radical (unpaired) electrons. The molecule has 21 heavy (non-hydrogen) atoms. The van der Waals surface area contributed by atoms with Gasteiger partial charge in [0.25, 0.3) is 0 Å². The summed E-state index contributed by atoms with van der Waals surface area (Å²) in [6.45, 7) is 9.51. The quantitative estimate of drug-likeness (QED) is 0.597. The Kier molecular flexibility index (Phi) is 6.30. The largest absolute Gasteiger partial charge is 0.373 e. The molecule has 5 nitrogen and oxygen atoms in total. The summed E-state index contributed by atoms with van der Waals surface area (Å²) in [6, 6.07) is 0.639. The van der Waals surface area contributed by atoms with E-state index in [0.717, 1.165) is 45.0 Å². The SMILES string of the molecule is CCN1CCCCC1CNC(=NC)NCC1(C)CCCO1. The number of hydrogen-bond acceptors (Lipinski definition) is 3. The van der Waals surface area contributed by atoms with Crippen LogP contribution in [-0.4, -0.2) is 62.3 Å². The van der Waals surface area contributed by atoms with E-state index in [1.807, 2.05) is 7.05 Å². The van der Waals surface area contributed by atoms with Crippen LogP contribution in [0.4, 0.5) is 0 Å². The zero-order chi connectivity index (χ0) is 15.1. The number of nitrogens with zero attached hydrogens (tertiary/aromatic N) is 2. The van der Waals surface area contributed by atoms with Gasteiger partial charge in [0.2, 0.25) is 0 Å². The van der Waals surface area contributed by atoms with Gasteiger partial charge in [-0.2, -0.15) is 0 Å². The van der Waals surface area contributed by atoms with Crippen LogP contribution < -0.4 is 10.6 Å². The van der Waals surface area contributed by atoms with Crippen molar-refractivity contribution < 1.29 is 4.74 Å². The van der Waals surface area contributed by atoms with Crippen molar-refractivity contribution >= 4 is 5.96 Å². The van der Waals surface area contributed by atoms with Gasteiger partial charge in [0.15, 0.2) is 5.96 Å². The minimum Gasteiger partial charge on any atom is -0.373 e. The van der Waals surface area contributed by atoms with Crippen LogP contribution in [0, 0.1) is 0 Å². The van der Waals surface area contributed by atoms with Gasteiger partial charge in [-0.1, -0.05) is 13.3 Å². The molecule has 0 aliphatic carbocycles. The molecule has 2 aliphatic heterocycles. The Morgan fingerprint density at radius 1 is 1.33 bits per heavy atom. The molecule has 2 saturated heterocycles. The molecule has 0 amide bonds. The molecule has 5 heteroatoms. The van der Waals surface area contributed by atoms with Crippen LogP contribution in [0.2, 0.25) is 0 Å². The number of likely N-dealkylation sites (tertiary alicyclic amines) is 1. The molecule has 2 fully saturated rings. The van der Waals surface area contributed by atoms with Gasteiger partial charge in [0, 0.05) is 32.8 Å². The number of aliphatic imine (C=N–C) groups is 1. The van der Waals surface area contributed by atoms with E-state index < -0.39 is 0 Å². The van der Waals surface area contributed by atoms with E-state index in [4.69, 9.17) is 4.74 Å². The molecule has 2 heterocycles. The standard InChI is InChI=1S/C16H32N4O/c1-4-20-10-6-5-8-14(20)12-18-15(17-3)19-13-16(2)9-7-11-21-16/h14H,4-13H2,1-3H3,(H2,17,18,19). The maximum Gasteiger partial charge on any atom is 0.191 e. The van der Waals surface area contributed by atoms with Crippen molar-refractivity contribution in [3.63, 3.8) is 0 Å². The topological polar surface area (TPSA) is 48.9 Å². The molecule has 2 N–H and O–H groups in total. The summed E-state index contributed by atoms with van der Waals surface area (Å²) in [6.07, 6.45) is 6.27. The number of hydrogen-bond donors (Lipinski definition) is 2. The van der Waals surface area contributed by atoms with E-state index in [9.17, 15) is 0 Å². The van der Waals surface area contributed by atoms with E-state index in [-0.39, 0.29) is 5.60 Å². The van der Waals surface area contributed by atoms with Gasteiger partial charge in [-0.05, 0) is 45.7 Å². The summed E-state index contributed by atoms with van der Waals surface area (Å²) in [7, 11) is 1.84. The Morgan fingerprint density at radius 2 is 2.19 bits per heavy atom. The molecular formula is C16H32N4O. The number of guanidine groups is 1. The number of rotatable bonds is 5. The molecule has 2 aliphatic rings. The summed E-state index contributed by atoms with van der Waals surface area (Å²) in [5, 5.41) is 6.91. The predicted molar refractivity (Wildman–Crippen MR) is 87.8 cm³/mol. The average Bonchev–Trinajstić information content (AvgIpc) is 2.95. The molecule has 0 spiro atoms. The van der Waals surface area contributed by atoms with Crippen molar-refractivity contribution in [2.75, 3.05) is 39.8 Å². The number of nitrogens with one attached hydrogen (secondary N) is 2. The van der Waals surface area contributed by atoms with E-state index >= 15 is 0 Å². The van der Waals surface area contributed by atoms with Crippen molar-refractivity contribution in [1.82, 2.24) is 15.5 Å². The Morgan fingerprint density at radius 3 is 2.86 bits per heavy atom. The Hall–Kier alpha value is -0.810. The van der Waals surface area contributed by atoms with Crippen LogP contribution in [0.25, 0.3) is 0 Å². The second kappa shape index (κ2) is 7.99. The van der Waals surface area contributed by atoms with Crippen molar-refractivity contribution in [2.24, 2.45) is 4.99 Å². The highest BCUT2D eigenvalue weighted by atomic mass is 16.5. The molecule has 0 bridgehead atoms. The summed E-state index contributed by atoms with van der Waals surface area (Å²) in [5.41, 5.74) is -0.0298. The van der Waals surface area contributed by atoms with E-state index in [2.05, 4.69) is 34.4 Å². The van der Waals surface area contributed by atoms with Gasteiger partial charge in [0.05, 0.1) is 5.60 Å². The molecular weight excluding hydrogens is 264 g/mol. The van der Waals surface area contributed by atoms with E-state index in [0.29, 0.717) is 6.04 Å². The first kappa shape index (κ1) is 16.6. The molecule has 2 rings (SSSR count). The van der Waals surface area contributed by atoms with Gasteiger partial charge >= 0.3 is 0 Å². The Labute approximate surface area is 129 Å². The summed E-state index contributed by atoms with van der Waals surface area (Å²) in [4.78, 5) is 6.91. The fourth-order valence-electron chi connectivity index (χ4n) is 3.39. The highest BCUT2D eigenvalue weighted by molar-refractivity contribution is 5.79. The molecule has 0 aromatic carbocycles. The molecule has 0 aromatic rings. The summed E-state index contributed by atoms with van der Waals surface area (Å²) in [5.74, 6) is 0.897. The second-order valence-corrected chi connectivity index (χ2v) is 6.49. The minimum atomic E-state index is -0.0298. The highest BCUT2D eigenvalue weighted by Gasteiger charge is 2.29. The third-order valence-electron chi connectivity index (χ3n) is 4.81. The summed E-state index contributed by atoms with van der Waals surface area (Å²) >= 11 is 0. The molecule has 122 valence electrons. The van der Waals surface area contributed by atoms with Crippen molar-refractivity contribution in [2.45, 2.75) is 57.6 Å². The fraction of sp³-hybridized carbons (Fsp3) is 0.938. The second-order valence-electron chi connectivity index (χ2n) is 6.49. The Bertz CT molecular complexity index is 339. The third kappa shape index (κ3) is 4.85. The monoisotopic (exact) mass is 296 g/mol. The average molecular weight is 296 g/mol.